The zero-order valence-corrected chi connectivity index (χ0v) is 15.7. The van der Waals surface area contributed by atoms with E-state index >= 15 is 0 Å². The van der Waals surface area contributed by atoms with Gasteiger partial charge in [-0.15, -0.1) is 0 Å². The molecule has 0 aliphatic rings. The topological polar surface area (TPSA) is 58.2 Å². The van der Waals surface area contributed by atoms with Crippen molar-refractivity contribution in [3.05, 3.63) is 66.0 Å². The van der Waals surface area contributed by atoms with Crippen LogP contribution in [-0.4, -0.2) is 11.8 Å². The molecule has 2 aromatic carbocycles. The van der Waals surface area contributed by atoms with Gasteiger partial charge < -0.3 is 0 Å². The highest BCUT2D eigenvalue weighted by atomic mass is 127. The van der Waals surface area contributed by atoms with E-state index in [9.17, 15) is 14.0 Å². The molecule has 0 bridgehead atoms. The quantitative estimate of drug-likeness (QED) is 0.468. The van der Waals surface area contributed by atoms with E-state index in [0.29, 0.717) is 9.13 Å². The van der Waals surface area contributed by atoms with Gasteiger partial charge in [-0.3, -0.25) is 20.4 Å². The predicted molar refractivity (Wildman–Crippen MR) is 97.9 cm³/mol. The number of amides is 2. The number of halogens is 3. The number of rotatable bonds is 2. The average Bonchev–Trinajstić information content (AvgIpc) is 2.47. The minimum atomic E-state index is -0.697. The van der Waals surface area contributed by atoms with Crippen LogP contribution in [0.2, 0.25) is 0 Å². The van der Waals surface area contributed by atoms with Gasteiger partial charge in [-0.2, -0.15) is 0 Å². The second-order valence-electron chi connectivity index (χ2n) is 4.47. The maximum atomic E-state index is 13.7. The van der Waals surface area contributed by atoms with Crippen LogP contribution in [0.1, 0.15) is 26.3 Å². The summed E-state index contributed by atoms with van der Waals surface area (Å²) in [6, 6.07) is 9.51. The van der Waals surface area contributed by atoms with E-state index in [-0.39, 0.29) is 5.56 Å². The van der Waals surface area contributed by atoms with Gasteiger partial charge in [0.15, 0.2) is 0 Å². The van der Waals surface area contributed by atoms with Crippen LogP contribution in [0.25, 0.3) is 0 Å². The lowest BCUT2D eigenvalue weighted by atomic mass is 10.1. The molecule has 22 heavy (non-hydrogen) atoms. The molecule has 0 aromatic heterocycles. The molecule has 0 spiro atoms. The maximum Gasteiger partial charge on any atom is 0.273 e. The van der Waals surface area contributed by atoms with Crippen LogP contribution >= 0.6 is 45.2 Å². The highest BCUT2D eigenvalue weighted by Gasteiger charge is 2.16. The van der Waals surface area contributed by atoms with E-state index in [0.717, 1.165) is 9.13 Å². The van der Waals surface area contributed by atoms with Crippen molar-refractivity contribution in [2.24, 2.45) is 0 Å². The van der Waals surface area contributed by atoms with Crippen molar-refractivity contribution >= 4 is 57.0 Å². The standard InChI is InChI=1S/C15H11FI2N2O2/c1-8-5-6-9(7-12(8)18)14(21)19-20-15(22)13-10(16)3-2-4-11(13)17/h2-7H,1H3,(H,19,21)(H,20,22). The first kappa shape index (κ1) is 17.1. The fraction of sp³-hybridized carbons (Fsp3) is 0.0667. The molecule has 2 rings (SSSR count). The first-order chi connectivity index (χ1) is 10.4. The third-order valence-electron chi connectivity index (χ3n) is 2.91. The molecular weight excluding hydrogens is 513 g/mol. The zero-order chi connectivity index (χ0) is 16.3. The van der Waals surface area contributed by atoms with Crippen LogP contribution in [-0.2, 0) is 0 Å². The third kappa shape index (κ3) is 3.94. The van der Waals surface area contributed by atoms with Gasteiger partial charge in [0.1, 0.15) is 5.82 Å². The molecular formula is C15H11FI2N2O2. The van der Waals surface area contributed by atoms with Gasteiger partial charge in [-0.05, 0) is 81.9 Å². The van der Waals surface area contributed by atoms with Crippen molar-refractivity contribution in [1.82, 2.24) is 10.9 Å². The fourth-order valence-corrected chi connectivity index (χ4v) is 2.92. The lowest BCUT2D eigenvalue weighted by Crippen LogP contribution is -2.42. The molecule has 4 nitrogen and oxygen atoms in total. The van der Waals surface area contributed by atoms with E-state index in [2.05, 4.69) is 33.4 Å². The summed E-state index contributed by atoms with van der Waals surface area (Å²) in [6.07, 6.45) is 0. The molecule has 7 heteroatoms. The predicted octanol–water partition coefficient (Wildman–Crippen LogP) is 3.42. The van der Waals surface area contributed by atoms with Crippen LogP contribution in [0, 0.1) is 19.9 Å². The molecule has 2 aromatic rings. The molecule has 114 valence electrons. The monoisotopic (exact) mass is 524 g/mol. The number of aryl methyl sites for hydroxylation is 1. The van der Waals surface area contributed by atoms with Gasteiger partial charge in [-0.1, -0.05) is 12.1 Å². The number of hydrogen-bond acceptors (Lipinski definition) is 2. The summed E-state index contributed by atoms with van der Waals surface area (Å²) in [4.78, 5) is 24.0. The molecule has 0 radical (unpaired) electrons. The van der Waals surface area contributed by atoms with Gasteiger partial charge in [0.25, 0.3) is 11.8 Å². The molecule has 0 atom stereocenters. The number of hydrogen-bond donors (Lipinski definition) is 2. The Bertz CT molecular complexity index is 730. The number of carbonyl (C=O) groups excluding carboxylic acids is 2. The zero-order valence-electron chi connectivity index (χ0n) is 11.4. The fourth-order valence-electron chi connectivity index (χ4n) is 1.70. The Labute approximate surface area is 154 Å². The molecule has 0 fully saturated rings. The number of benzene rings is 2. The Morgan fingerprint density at radius 2 is 1.68 bits per heavy atom. The molecule has 0 aliphatic carbocycles. The van der Waals surface area contributed by atoms with Crippen molar-refractivity contribution in [2.45, 2.75) is 6.92 Å². The Morgan fingerprint density at radius 3 is 2.32 bits per heavy atom. The minimum Gasteiger partial charge on any atom is -0.267 e. The van der Waals surface area contributed by atoms with Gasteiger partial charge in [0, 0.05) is 12.7 Å². The Kier molecular flexibility index (Phi) is 5.73. The highest BCUT2D eigenvalue weighted by molar-refractivity contribution is 14.1. The molecule has 0 unspecified atom stereocenters. The van der Waals surface area contributed by atoms with E-state index in [1.165, 1.54) is 12.1 Å². The molecule has 0 aliphatic heterocycles. The Hall–Kier alpha value is -1.23. The Balaban J connectivity index is 2.07. The Morgan fingerprint density at radius 1 is 1.00 bits per heavy atom. The molecule has 2 N–H and O–H groups in total. The van der Waals surface area contributed by atoms with Gasteiger partial charge in [-0.25, -0.2) is 4.39 Å². The minimum absolute atomic E-state index is 0.0955. The van der Waals surface area contributed by atoms with Crippen LogP contribution < -0.4 is 10.9 Å². The number of carbonyl (C=O) groups is 2. The lowest BCUT2D eigenvalue weighted by Gasteiger charge is -2.10. The van der Waals surface area contributed by atoms with Crippen LogP contribution in [0.15, 0.2) is 36.4 Å². The summed E-state index contributed by atoms with van der Waals surface area (Å²) >= 11 is 3.99. The van der Waals surface area contributed by atoms with E-state index in [1.54, 1.807) is 18.2 Å². The van der Waals surface area contributed by atoms with E-state index < -0.39 is 17.6 Å². The van der Waals surface area contributed by atoms with Crippen molar-refractivity contribution in [3.8, 4) is 0 Å². The molecule has 0 saturated heterocycles. The average molecular weight is 524 g/mol. The number of nitrogens with one attached hydrogen (secondary N) is 2. The summed E-state index contributed by atoms with van der Waals surface area (Å²) in [5, 5.41) is 0. The van der Waals surface area contributed by atoms with Gasteiger partial charge in [0.2, 0.25) is 0 Å². The maximum absolute atomic E-state index is 13.7. The SMILES string of the molecule is Cc1ccc(C(=O)NNC(=O)c2c(F)cccc2I)cc1I. The largest absolute Gasteiger partial charge is 0.273 e. The summed E-state index contributed by atoms with van der Waals surface area (Å²) in [7, 11) is 0. The second-order valence-corrected chi connectivity index (χ2v) is 6.79. The van der Waals surface area contributed by atoms with Gasteiger partial charge >= 0.3 is 0 Å². The van der Waals surface area contributed by atoms with Crippen LogP contribution in [0.3, 0.4) is 0 Å². The summed E-state index contributed by atoms with van der Waals surface area (Å²) < 4.78 is 15.1. The lowest BCUT2D eigenvalue weighted by molar-refractivity contribution is 0.0843. The summed E-state index contributed by atoms with van der Waals surface area (Å²) in [6.45, 7) is 1.94. The van der Waals surface area contributed by atoms with E-state index in [4.69, 9.17) is 0 Å². The molecule has 0 heterocycles. The first-order valence-corrected chi connectivity index (χ1v) is 8.36. The molecule has 0 saturated carbocycles. The van der Waals surface area contributed by atoms with Crippen LogP contribution in [0.5, 0.6) is 0 Å². The number of hydrazine groups is 1. The normalized spacial score (nSPS) is 10.2. The summed E-state index contributed by atoms with van der Waals surface area (Å²) in [5.74, 6) is -1.79. The van der Waals surface area contributed by atoms with Crippen molar-refractivity contribution in [3.63, 3.8) is 0 Å². The van der Waals surface area contributed by atoms with Crippen molar-refractivity contribution < 1.29 is 14.0 Å². The van der Waals surface area contributed by atoms with Crippen LogP contribution in [0.4, 0.5) is 4.39 Å². The first-order valence-electron chi connectivity index (χ1n) is 6.21. The highest BCUT2D eigenvalue weighted by Crippen LogP contribution is 2.16. The molecule has 2 amide bonds. The second kappa shape index (κ2) is 7.36. The van der Waals surface area contributed by atoms with Crippen molar-refractivity contribution in [1.29, 1.82) is 0 Å². The van der Waals surface area contributed by atoms with E-state index in [1.807, 2.05) is 35.6 Å². The summed E-state index contributed by atoms with van der Waals surface area (Å²) in [5.41, 5.74) is 5.89. The smallest absolute Gasteiger partial charge is 0.267 e. The third-order valence-corrected chi connectivity index (χ3v) is 4.97. The van der Waals surface area contributed by atoms with Crippen molar-refractivity contribution in [2.75, 3.05) is 0 Å². The van der Waals surface area contributed by atoms with Gasteiger partial charge in [0.05, 0.1) is 5.56 Å².